The number of benzene rings is 1. The van der Waals surface area contributed by atoms with Crippen LogP contribution in [0.5, 0.6) is 0 Å². The van der Waals surface area contributed by atoms with Crippen molar-refractivity contribution < 1.29 is 8.83 Å². The number of hydrogen-bond acceptors (Lipinski definition) is 5. The van der Waals surface area contributed by atoms with Crippen molar-refractivity contribution in [1.82, 2.24) is 10.2 Å². The summed E-state index contributed by atoms with van der Waals surface area (Å²) < 4.78 is 10.8. The van der Waals surface area contributed by atoms with Gasteiger partial charge in [-0.1, -0.05) is 18.2 Å². The average molecular weight is 255 g/mol. The predicted molar refractivity (Wildman–Crippen MR) is 70.5 cm³/mol. The van der Waals surface area contributed by atoms with Crippen molar-refractivity contribution in [3.05, 3.63) is 54.6 Å². The molecule has 3 aromatic rings. The van der Waals surface area contributed by atoms with Crippen LogP contribution >= 0.6 is 0 Å². The Morgan fingerprint density at radius 1 is 1.05 bits per heavy atom. The summed E-state index contributed by atoms with van der Waals surface area (Å²) in [5, 5.41) is 7.99. The molecule has 96 valence electrons. The molecule has 0 fully saturated rings. The van der Waals surface area contributed by atoms with Gasteiger partial charge in [0.05, 0.1) is 12.8 Å². The fourth-order valence-corrected chi connectivity index (χ4v) is 1.79. The maximum absolute atomic E-state index is 5.56. The molecule has 2 aromatic heterocycles. The molecule has 0 radical (unpaired) electrons. The summed E-state index contributed by atoms with van der Waals surface area (Å²) in [6, 6.07) is 13.6. The minimum Gasteiger partial charge on any atom is -0.459 e. The van der Waals surface area contributed by atoms with Gasteiger partial charge >= 0.3 is 0 Å². The number of rotatable bonds is 4. The number of furan rings is 1. The minimum atomic E-state index is 0.404. The standard InChI is InChI=1S/C14H13N3O2/c1-17(11-6-3-2-4-7-11)10-13-15-16-14(19-13)12-8-5-9-18-12/h2-9H,10H2,1H3. The lowest BCUT2D eigenvalue weighted by Crippen LogP contribution is -2.16. The van der Waals surface area contributed by atoms with Crippen molar-refractivity contribution in [3.8, 4) is 11.7 Å². The average Bonchev–Trinajstić information content (AvgIpc) is 3.10. The van der Waals surface area contributed by atoms with Gasteiger partial charge in [0.2, 0.25) is 5.89 Å². The molecule has 0 saturated carbocycles. The van der Waals surface area contributed by atoms with Crippen LogP contribution in [0, 0.1) is 0 Å². The topological polar surface area (TPSA) is 55.3 Å². The largest absolute Gasteiger partial charge is 0.459 e. The Labute approximate surface area is 110 Å². The number of aromatic nitrogens is 2. The second kappa shape index (κ2) is 4.97. The van der Waals surface area contributed by atoms with Gasteiger partial charge in [-0.15, -0.1) is 10.2 Å². The summed E-state index contributed by atoms with van der Waals surface area (Å²) in [6.07, 6.45) is 1.58. The lowest BCUT2D eigenvalue weighted by molar-refractivity contribution is 0.478. The van der Waals surface area contributed by atoms with Crippen LogP contribution in [0.2, 0.25) is 0 Å². The van der Waals surface area contributed by atoms with Gasteiger partial charge in [-0.3, -0.25) is 0 Å². The van der Waals surface area contributed by atoms with Crippen molar-refractivity contribution in [3.63, 3.8) is 0 Å². The lowest BCUT2D eigenvalue weighted by atomic mass is 10.3. The van der Waals surface area contributed by atoms with Crippen LogP contribution in [0.15, 0.2) is 57.6 Å². The third kappa shape index (κ3) is 2.49. The summed E-state index contributed by atoms with van der Waals surface area (Å²) in [4.78, 5) is 2.04. The van der Waals surface area contributed by atoms with Crippen LogP contribution in [0.4, 0.5) is 5.69 Å². The van der Waals surface area contributed by atoms with E-state index in [0.29, 0.717) is 24.1 Å². The van der Waals surface area contributed by atoms with Crippen LogP contribution in [0.25, 0.3) is 11.7 Å². The van der Waals surface area contributed by atoms with Gasteiger partial charge in [0.25, 0.3) is 5.89 Å². The van der Waals surface area contributed by atoms with Crippen LogP contribution in [-0.4, -0.2) is 17.2 Å². The second-order valence-electron chi connectivity index (χ2n) is 4.17. The lowest BCUT2D eigenvalue weighted by Gasteiger charge is -2.16. The van der Waals surface area contributed by atoms with Gasteiger partial charge in [-0.25, -0.2) is 0 Å². The zero-order valence-electron chi connectivity index (χ0n) is 10.5. The number of anilines is 1. The highest BCUT2D eigenvalue weighted by Crippen LogP contribution is 2.19. The summed E-state index contributed by atoms with van der Waals surface area (Å²) in [5.74, 6) is 1.54. The van der Waals surface area contributed by atoms with Crippen molar-refractivity contribution in [2.45, 2.75) is 6.54 Å². The van der Waals surface area contributed by atoms with E-state index in [0.717, 1.165) is 5.69 Å². The van der Waals surface area contributed by atoms with E-state index in [1.165, 1.54) is 0 Å². The molecule has 0 unspecified atom stereocenters. The van der Waals surface area contributed by atoms with Gasteiger partial charge in [0, 0.05) is 12.7 Å². The Bertz CT molecular complexity index is 632. The first-order valence-corrected chi connectivity index (χ1v) is 5.95. The predicted octanol–water partition coefficient (Wildman–Crippen LogP) is 2.97. The molecular formula is C14H13N3O2. The Morgan fingerprint density at radius 3 is 2.63 bits per heavy atom. The third-order valence-electron chi connectivity index (χ3n) is 2.77. The van der Waals surface area contributed by atoms with Crippen molar-refractivity contribution in [2.24, 2.45) is 0 Å². The maximum Gasteiger partial charge on any atom is 0.283 e. The third-order valence-corrected chi connectivity index (χ3v) is 2.77. The summed E-state index contributed by atoms with van der Waals surface area (Å²) in [7, 11) is 1.98. The van der Waals surface area contributed by atoms with Crippen LogP contribution < -0.4 is 4.90 Å². The normalized spacial score (nSPS) is 10.6. The molecule has 0 N–H and O–H groups in total. The molecule has 5 heteroatoms. The fraction of sp³-hybridized carbons (Fsp3) is 0.143. The van der Waals surface area contributed by atoms with Crippen molar-refractivity contribution >= 4 is 5.69 Å². The smallest absolute Gasteiger partial charge is 0.283 e. The van der Waals surface area contributed by atoms with Crippen molar-refractivity contribution in [2.75, 3.05) is 11.9 Å². The zero-order chi connectivity index (χ0) is 13.1. The van der Waals surface area contributed by atoms with E-state index in [2.05, 4.69) is 10.2 Å². The zero-order valence-corrected chi connectivity index (χ0v) is 10.5. The van der Waals surface area contributed by atoms with E-state index in [4.69, 9.17) is 8.83 Å². The number of nitrogens with zero attached hydrogens (tertiary/aromatic N) is 3. The quantitative estimate of drug-likeness (QED) is 0.717. The molecule has 0 amide bonds. The molecule has 2 heterocycles. The maximum atomic E-state index is 5.56. The molecule has 19 heavy (non-hydrogen) atoms. The van der Waals surface area contributed by atoms with Crippen LogP contribution in [-0.2, 0) is 6.54 Å². The summed E-state index contributed by atoms with van der Waals surface area (Å²) >= 11 is 0. The highest BCUT2D eigenvalue weighted by molar-refractivity contribution is 5.45. The Kier molecular flexibility index (Phi) is 3.02. The summed E-state index contributed by atoms with van der Waals surface area (Å²) in [5.41, 5.74) is 1.10. The Morgan fingerprint density at radius 2 is 1.89 bits per heavy atom. The first kappa shape index (κ1) is 11.5. The highest BCUT2D eigenvalue weighted by atomic mass is 16.4. The molecule has 0 spiro atoms. The van der Waals surface area contributed by atoms with Gasteiger partial charge in [0.1, 0.15) is 0 Å². The van der Waals surface area contributed by atoms with Gasteiger partial charge < -0.3 is 13.7 Å². The first-order valence-electron chi connectivity index (χ1n) is 5.95. The summed E-state index contributed by atoms with van der Waals surface area (Å²) in [6.45, 7) is 0.553. The second-order valence-corrected chi connectivity index (χ2v) is 4.17. The van der Waals surface area contributed by atoms with E-state index >= 15 is 0 Å². The van der Waals surface area contributed by atoms with E-state index in [1.807, 2.05) is 42.3 Å². The molecule has 0 bridgehead atoms. The van der Waals surface area contributed by atoms with Crippen LogP contribution in [0.3, 0.4) is 0 Å². The fourth-order valence-electron chi connectivity index (χ4n) is 1.79. The molecule has 0 aliphatic heterocycles. The number of para-hydroxylation sites is 1. The molecule has 0 aliphatic carbocycles. The molecule has 0 atom stereocenters. The molecule has 5 nitrogen and oxygen atoms in total. The molecule has 0 aliphatic rings. The first-order chi connectivity index (χ1) is 9.33. The molecular weight excluding hydrogens is 242 g/mol. The van der Waals surface area contributed by atoms with Crippen molar-refractivity contribution in [1.29, 1.82) is 0 Å². The molecule has 1 aromatic carbocycles. The van der Waals surface area contributed by atoms with E-state index in [1.54, 1.807) is 18.4 Å². The van der Waals surface area contributed by atoms with E-state index in [-0.39, 0.29) is 0 Å². The van der Waals surface area contributed by atoms with E-state index in [9.17, 15) is 0 Å². The van der Waals surface area contributed by atoms with Gasteiger partial charge in [-0.05, 0) is 24.3 Å². The van der Waals surface area contributed by atoms with Gasteiger partial charge in [-0.2, -0.15) is 0 Å². The van der Waals surface area contributed by atoms with Crippen LogP contribution in [0.1, 0.15) is 5.89 Å². The van der Waals surface area contributed by atoms with Gasteiger partial charge in [0.15, 0.2) is 5.76 Å². The molecule has 3 rings (SSSR count). The number of hydrogen-bond donors (Lipinski definition) is 0. The van der Waals surface area contributed by atoms with E-state index < -0.39 is 0 Å². The Balaban J connectivity index is 1.74. The minimum absolute atomic E-state index is 0.404. The highest BCUT2D eigenvalue weighted by Gasteiger charge is 2.12. The molecule has 0 saturated heterocycles. The monoisotopic (exact) mass is 255 g/mol. The SMILES string of the molecule is CN(Cc1nnc(-c2ccco2)o1)c1ccccc1. The Hall–Kier alpha value is -2.56.